The van der Waals surface area contributed by atoms with Gasteiger partial charge >= 0.3 is 0 Å². The van der Waals surface area contributed by atoms with Gasteiger partial charge in [-0.05, 0) is 0 Å². The molecule has 0 aliphatic rings. The van der Waals surface area contributed by atoms with Crippen molar-refractivity contribution in [2.45, 2.75) is 0 Å². The van der Waals surface area contributed by atoms with E-state index in [1.54, 1.807) is 0 Å². The summed E-state index contributed by atoms with van der Waals surface area (Å²) in [4.78, 5) is 9.15. The highest BCUT2D eigenvalue weighted by Crippen LogP contribution is 1.44. The van der Waals surface area contributed by atoms with Crippen LogP contribution in [0.5, 0.6) is 0 Å². The van der Waals surface area contributed by atoms with Gasteiger partial charge in [0.2, 0.25) is 0 Å². The summed E-state index contributed by atoms with van der Waals surface area (Å²) in [6.07, 6.45) is 0. The average molecular weight is 90.1 g/mol. The molecule has 0 rings (SSSR count). The molecule has 2 nitrogen and oxygen atoms in total. The maximum absolute atomic E-state index is 9.15. The zero-order chi connectivity index (χ0) is 4.28. The Morgan fingerprint density at radius 1 is 2.00 bits per heavy atom. The second kappa shape index (κ2) is 2.08. The molecule has 5 heavy (non-hydrogen) atoms. The molecule has 0 fully saturated rings. The number of carboxylic acids is 1. The van der Waals surface area contributed by atoms with Gasteiger partial charge in [-0.15, -0.1) is 5.75 Å². The Morgan fingerprint density at radius 3 is 2.20 bits per heavy atom. The first-order valence-electron chi connectivity index (χ1n) is 1.05. The van der Waals surface area contributed by atoms with Crippen LogP contribution in [0.25, 0.3) is 0 Å². The van der Waals surface area contributed by atoms with E-state index in [9.17, 15) is 0 Å². The van der Waals surface area contributed by atoms with E-state index in [0.717, 1.165) is 0 Å². The van der Waals surface area contributed by atoms with E-state index in [1.165, 1.54) is 0 Å². The lowest BCUT2D eigenvalue weighted by atomic mass is 10.8. The largest absolute Gasteiger partial charge is 0.787 e. The summed E-state index contributed by atoms with van der Waals surface area (Å²) in [6, 6.07) is 0. The SMILES string of the molecule is O=C([O-])C[S-]. The molecule has 0 amide bonds. The number of rotatable bonds is 1. The predicted molar refractivity (Wildman–Crippen MR) is 17.2 cm³/mol. The van der Waals surface area contributed by atoms with Crippen molar-refractivity contribution in [1.29, 1.82) is 0 Å². The van der Waals surface area contributed by atoms with E-state index >= 15 is 0 Å². The predicted octanol–water partition coefficient (Wildman–Crippen LogP) is -1.72. The first-order valence-corrected chi connectivity index (χ1v) is 1.63. The van der Waals surface area contributed by atoms with Crippen molar-refractivity contribution in [2.75, 3.05) is 5.75 Å². The molecule has 0 saturated heterocycles. The van der Waals surface area contributed by atoms with E-state index < -0.39 is 5.97 Å². The van der Waals surface area contributed by atoms with Gasteiger partial charge in [0.15, 0.2) is 0 Å². The van der Waals surface area contributed by atoms with Gasteiger partial charge in [0, 0.05) is 5.97 Å². The van der Waals surface area contributed by atoms with Crippen molar-refractivity contribution < 1.29 is 9.90 Å². The molecule has 0 radical (unpaired) electrons. The van der Waals surface area contributed by atoms with Crippen LogP contribution in [-0.4, -0.2) is 11.7 Å². The van der Waals surface area contributed by atoms with Crippen LogP contribution in [0, 0.1) is 0 Å². The summed E-state index contributed by atoms with van der Waals surface area (Å²) in [5, 5.41) is 9.15. The lowest BCUT2D eigenvalue weighted by Crippen LogP contribution is -2.24. The second-order valence-electron chi connectivity index (χ2n) is 0.516. The van der Waals surface area contributed by atoms with Gasteiger partial charge in [0.05, 0.1) is 0 Å². The van der Waals surface area contributed by atoms with Crippen molar-refractivity contribution in [3.8, 4) is 0 Å². The maximum Gasteiger partial charge on any atom is 0.0176 e. The Hall–Kier alpha value is -0.180. The zero-order valence-electron chi connectivity index (χ0n) is 2.43. The third-order valence-electron chi connectivity index (χ3n) is 0.118. The highest BCUT2D eigenvalue weighted by Gasteiger charge is 1.54. The number of aliphatic carboxylic acids is 1. The molecule has 0 unspecified atom stereocenters. The standard InChI is InChI=1S/C2H4O2S/c3-2(4)1-5/h5H,1H2,(H,3,4)/p-2. The van der Waals surface area contributed by atoms with Crippen LogP contribution < -0.4 is 5.11 Å². The fourth-order valence-electron chi connectivity index (χ4n) is 0. The molecule has 0 bridgehead atoms. The smallest absolute Gasteiger partial charge is 0.0176 e. The molecular formula is C2H2O2S-2. The lowest BCUT2D eigenvalue weighted by Gasteiger charge is -1.99. The first-order chi connectivity index (χ1) is 2.27. The summed E-state index contributed by atoms with van der Waals surface area (Å²) in [7, 11) is 0. The van der Waals surface area contributed by atoms with Gasteiger partial charge in [-0.1, -0.05) is 0 Å². The fraction of sp³-hybridized carbons (Fsp3) is 0.500. The minimum atomic E-state index is -1.18. The molecule has 30 valence electrons. The quantitative estimate of drug-likeness (QED) is 0.360. The molecular weight excluding hydrogens is 88.1 g/mol. The highest BCUT2D eigenvalue weighted by molar-refractivity contribution is 7.59. The average Bonchev–Trinajstić information content (AvgIpc) is 1.38. The minimum Gasteiger partial charge on any atom is -0.787 e. The van der Waals surface area contributed by atoms with Gasteiger partial charge in [0.25, 0.3) is 0 Å². The highest BCUT2D eigenvalue weighted by atomic mass is 32.1. The van der Waals surface area contributed by atoms with Crippen LogP contribution in [0.4, 0.5) is 0 Å². The summed E-state index contributed by atoms with van der Waals surface area (Å²) in [5.41, 5.74) is 0. The monoisotopic (exact) mass is 90.0 g/mol. The third-order valence-corrected chi connectivity index (χ3v) is 0.354. The van der Waals surface area contributed by atoms with E-state index in [4.69, 9.17) is 9.90 Å². The number of carbonyl (C=O) groups excluding carboxylic acids is 1. The van der Waals surface area contributed by atoms with E-state index in [-0.39, 0.29) is 5.75 Å². The van der Waals surface area contributed by atoms with Crippen molar-refractivity contribution >= 4 is 18.6 Å². The maximum atomic E-state index is 9.15. The second-order valence-corrected chi connectivity index (χ2v) is 0.805. The molecule has 3 heteroatoms. The number of hydrogen-bond donors (Lipinski definition) is 0. The van der Waals surface area contributed by atoms with Gasteiger partial charge in [-0.2, -0.15) is 0 Å². The van der Waals surface area contributed by atoms with Crippen LogP contribution in [0.15, 0.2) is 0 Å². The lowest BCUT2D eigenvalue weighted by molar-refractivity contribution is -0.301. The Kier molecular flexibility index (Phi) is 2.01. The minimum absolute atomic E-state index is 0.306. The Morgan fingerprint density at radius 2 is 2.20 bits per heavy atom. The Labute approximate surface area is 35.2 Å². The fourth-order valence-corrected chi connectivity index (χ4v) is 0. The van der Waals surface area contributed by atoms with Crippen LogP contribution in [0.1, 0.15) is 0 Å². The zero-order valence-corrected chi connectivity index (χ0v) is 3.25. The topological polar surface area (TPSA) is 40.1 Å². The van der Waals surface area contributed by atoms with E-state index in [0.29, 0.717) is 0 Å². The molecule has 0 aromatic heterocycles. The van der Waals surface area contributed by atoms with E-state index in [1.807, 2.05) is 0 Å². The van der Waals surface area contributed by atoms with Gasteiger partial charge in [-0.25, -0.2) is 0 Å². The van der Waals surface area contributed by atoms with Crippen molar-refractivity contribution in [3.05, 3.63) is 0 Å². The molecule has 0 spiro atoms. The normalized spacial score (nSPS) is 7.40. The van der Waals surface area contributed by atoms with Crippen molar-refractivity contribution in [2.24, 2.45) is 0 Å². The van der Waals surface area contributed by atoms with Gasteiger partial charge < -0.3 is 22.5 Å². The summed E-state index contributed by atoms with van der Waals surface area (Å²) in [6.45, 7) is 0. The molecule has 0 N–H and O–H groups in total. The molecule has 0 aliphatic carbocycles. The van der Waals surface area contributed by atoms with Gasteiger partial charge in [-0.3, -0.25) is 0 Å². The van der Waals surface area contributed by atoms with Crippen LogP contribution in [0.2, 0.25) is 0 Å². The van der Waals surface area contributed by atoms with Crippen LogP contribution in [0.3, 0.4) is 0 Å². The number of carboxylic acid groups (broad SMARTS) is 1. The van der Waals surface area contributed by atoms with Gasteiger partial charge in [0.1, 0.15) is 0 Å². The molecule has 0 saturated carbocycles. The summed E-state index contributed by atoms with van der Waals surface area (Å²) in [5.74, 6) is -1.49. The first kappa shape index (κ1) is 4.82. The van der Waals surface area contributed by atoms with Crippen LogP contribution >= 0.6 is 0 Å². The van der Waals surface area contributed by atoms with Crippen molar-refractivity contribution in [3.63, 3.8) is 0 Å². The van der Waals surface area contributed by atoms with Crippen LogP contribution in [-0.2, 0) is 17.4 Å². The summed E-state index contributed by atoms with van der Waals surface area (Å²) < 4.78 is 0. The van der Waals surface area contributed by atoms with Crippen molar-refractivity contribution in [1.82, 2.24) is 0 Å². The third kappa shape index (κ3) is 3.82. The number of hydrogen-bond acceptors (Lipinski definition) is 3. The molecule has 0 heterocycles. The molecule has 0 atom stereocenters. The van der Waals surface area contributed by atoms with E-state index in [2.05, 4.69) is 12.6 Å². The molecule has 0 aromatic rings. The Bertz CT molecular complexity index is 42.9. The molecule has 0 aromatic carbocycles. The number of carbonyl (C=O) groups is 1. The molecule has 0 aliphatic heterocycles. The Balaban J connectivity index is 2.85. The summed E-state index contributed by atoms with van der Waals surface area (Å²) >= 11 is 4.01.